The molecule has 14 heavy (non-hydrogen) atoms. The fourth-order valence-electron chi connectivity index (χ4n) is 1.07. The Morgan fingerprint density at radius 3 is 2.43 bits per heavy atom. The van der Waals surface area contributed by atoms with Crippen LogP contribution in [0.25, 0.3) is 0 Å². The van der Waals surface area contributed by atoms with Crippen molar-refractivity contribution in [1.29, 1.82) is 0 Å². The lowest BCUT2D eigenvalue weighted by Gasteiger charge is -2.06. The predicted octanol–water partition coefficient (Wildman–Crippen LogP) is 1.59. The quantitative estimate of drug-likeness (QED) is 0.777. The average molecular weight is 196 g/mol. The second-order valence-corrected chi connectivity index (χ2v) is 3.21. The van der Waals surface area contributed by atoms with E-state index in [1.54, 1.807) is 14.0 Å². The molecule has 3 nitrogen and oxygen atoms in total. The van der Waals surface area contributed by atoms with E-state index in [1.807, 2.05) is 24.3 Å². The molecule has 1 aromatic carbocycles. The van der Waals surface area contributed by atoms with Crippen LogP contribution in [-0.4, -0.2) is 24.9 Å². The Hall–Kier alpha value is -1.06. The van der Waals surface area contributed by atoms with Crippen LogP contribution >= 0.6 is 0 Å². The third kappa shape index (κ3) is 3.77. The molecule has 0 aromatic heterocycles. The molecular weight excluding hydrogens is 180 g/mol. The molecule has 1 rings (SSSR count). The van der Waals surface area contributed by atoms with Gasteiger partial charge in [0.25, 0.3) is 0 Å². The van der Waals surface area contributed by atoms with Gasteiger partial charge in [0.15, 0.2) is 0 Å². The Bertz CT molecular complexity index is 254. The summed E-state index contributed by atoms with van der Waals surface area (Å²) in [6.45, 7) is 2.59. The number of aliphatic hydroxyl groups is 1. The zero-order chi connectivity index (χ0) is 10.4. The first-order valence-corrected chi connectivity index (χ1v) is 4.61. The fourth-order valence-corrected chi connectivity index (χ4v) is 1.07. The normalized spacial score (nSPS) is 12.5. The molecule has 0 aliphatic carbocycles. The van der Waals surface area contributed by atoms with Crippen molar-refractivity contribution in [3.05, 3.63) is 29.8 Å². The molecule has 0 heterocycles. The first-order chi connectivity index (χ1) is 6.72. The van der Waals surface area contributed by atoms with Crippen molar-refractivity contribution in [3.8, 4) is 5.75 Å². The zero-order valence-electron chi connectivity index (χ0n) is 8.56. The van der Waals surface area contributed by atoms with Crippen LogP contribution in [0.1, 0.15) is 12.5 Å². The molecule has 0 fully saturated rings. The molecular formula is C11H16O3. The van der Waals surface area contributed by atoms with Crippen LogP contribution in [0.5, 0.6) is 5.75 Å². The second kappa shape index (κ2) is 5.62. The molecule has 1 aromatic rings. The maximum absolute atomic E-state index is 8.97. The van der Waals surface area contributed by atoms with Crippen LogP contribution in [0.4, 0.5) is 0 Å². The van der Waals surface area contributed by atoms with E-state index < -0.39 is 6.10 Å². The number of aliphatic hydroxyl groups excluding tert-OH is 1. The van der Waals surface area contributed by atoms with Gasteiger partial charge in [-0.05, 0) is 24.6 Å². The van der Waals surface area contributed by atoms with Gasteiger partial charge in [0.2, 0.25) is 0 Å². The van der Waals surface area contributed by atoms with Crippen LogP contribution < -0.4 is 4.74 Å². The van der Waals surface area contributed by atoms with Crippen LogP contribution in [0.3, 0.4) is 0 Å². The summed E-state index contributed by atoms with van der Waals surface area (Å²) in [6, 6.07) is 7.67. The Morgan fingerprint density at radius 1 is 1.29 bits per heavy atom. The van der Waals surface area contributed by atoms with E-state index in [0.29, 0.717) is 13.2 Å². The minimum Gasteiger partial charge on any atom is -0.497 e. The molecule has 0 amide bonds. The summed E-state index contributed by atoms with van der Waals surface area (Å²) < 4.78 is 10.3. The molecule has 0 aliphatic heterocycles. The SMILES string of the molecule is COc1ccc(COC[C@H](C)O)cc1. The van der Waals surface area contributed by atoms with E-state index >= 15 is 0 Å². The molecule has 0 spiro atoms. The molecule has 0 saturated carbocycles. The highest BCUT2D eigenvalue weighted by molar-refractivity contribution is 5.26. The third-order valence-electron chi connectivity index (χ3n) is 1.79. The smallest absolute Gasteiger partial charge is 0.118 e. The van der Waals surface area contributed by atoms with Gasteiger partial charge >= 0.3 is 0 Å². The average Bonchev–Trinajstić information content (AvgIpc) is 2.18. The van der Waals surface area contributed by atoms with Gasteiger partial charge in [0, 0.05) is 0 Å². The molecule has 0 bridgehead atoms. The fraction of sp³-hybridized carbons (Fsp3) is 0.455. The highest BCUT2D eigenvalue weighted by Gasteiger charge is 1.97. The highest BCUT2D eigenvalue weighted by atomic mass is 16.5. The summed E-state index contributed by atoms with van der Waals surface area (Å²) >= 11 is 0. The number of benzene rings is 1. The van der Waals surface area contributed by atoms with Gasteiger partial charge in [0.1, 0.15) is 5.75 Å². The van der Waals surface area contributed by atoms with Crippen molar-refractivity contribution in [2.24, 2.45) is 0 Å². The summed E-state index contributed by atoms with van der Waals surface area (Å²) in [6.07, 6.45) is -0.409. The van der Waals surface area contributed by atoms with Gasteiger partial charge in [-0.3, -0.25) is 0 Å². The summed E-state index contributed by atoms with van der Waals surface area (Å²) in [7, 11) is 1.64. The topological polar surface area (TPSA) is 38.7 Å². The lowest BCUT2D eigenvalue weighted by atomic mass is 10.2. The van der Waals surface area contributed by atoms with E-state index in [2.05, 4.69) is 0 Å². The van der Waals surface area contributed by atoms with E-state index in [-0.39, 0.29) is 0 Å². The minimum absolute atomic E-state index is 0.367. The van der Waals surface area contributed by atoms with E-state index in [4.69, 9.17) is 14.6 Å². The summed E-state index contributed by atoms with van der Waals surface area (Å²) in [4.78, 5) is 0. The van der Waals surface area contributed by atoms with Crippen LogP contribution in [0.2, 0.25) is 0 Å². The van der Waals surface area contributed by atoms with Gasteiger partial charge < -0.3 is 14.6 Å². The van der Waals surface area contributed by atoms with Crippen molar-refractivity contribution in [2.75, 3.05) is 13.7 Å². The maximum atomic E-state index is 8.97. The number of hydrogen-bond acceptors (Lipinski definition) is 3. The van der Waals surface area contributed by atoms with Gasteiger partial charge in [0.05, 0.1) is 26.4 Å². The monoisotopic (exact) mass is 196 g/mol. The lowest BCUT2D eigenvalue weighted by molar-refractivity contribution is 0.0376. The van der Waals surface area contributed by atoms with E-state index in [9.17, 15) is 0 Å². The Balaban J connectivity index is 2.36. The van der Waals surface area contributed by atoms with Crippen LogP contribution in [-0.2, 0) is 11.3 Å². The molecule has 0 saturated heterocycles. The minimum atomic E-state index is -0.409. The van der Waals surface area contributed by atoms with Gasteiger partial charge in [-0.2, -0.15) is 0 Å². The van der Waals surface area contributed by atoms with Gasteiger partial charge in [-0.15, -0.1) is 0 Å². The standard InChI is InChI=1S/C11H16O3/c1-9(12)7-14-8-10-3-5-11(13-2)6-4-10/h3-6,9,12H,7-8H2,1-2H3/t9-/m0/s1. The molecule has 3 heteroatoms. The molecule has 1 atom stereocenters. The Labute approximate surface area is 84.3 Å². The first kappa shape index (κ1) is 11.0. The molecule has 0 unspecified atom stereocenters. The van der Waals surface area contributed by atoms with Gasteiger partial charge in [-0.25, -0.2) is 0 Å². The van der Waals surface area contributed by atoms with Gasteiger partial charge in [-0.1, -0.05) is 12.1 Å². The van der Waals surface area contributed by atoms with Crippen LogP contribution in [0, 0.1) is 0 Å². The van der Waals surface area contributed by atoms with Crippen molar-refractivity contribution in [1.82, 2.24) is 0 Å². The molecule has 0 radical (unpaired) electrons. The number of ether oxygens (including phenoxy) is 2. The van der Waals surface area contributed by atoms with Crippen molar-refractivity contribution in [2.45, 2.75) is 19.6 Å². The first-order valence-electron chi connectivity index (χ1n) is 4.61. The number of hydrogen-bond donors (Lipinski definition) is 1. The predicted molar refractivity (Wildman–Crippen MR) is 54.3 cm³/mol. The molecule has 1 N–H and O–H groups in total. The van der Waals surface area contributed by atoms with Crippen molar-refractivity contribution in [3.63, 3.8) is 0 Å². The highest BCUT2D eigenvalue weighted by Crippen LogP contribution is 2.11. The summed E-state index contributed by atoms with van der Waals surface area (Å²) in [5.41, 5.74) is 1.08. The largest absolute Gasteiger partial charge is 0.497 e. The van der Waals surface area contributed by atoms with Crippen molar-refractivity contribution < 1.29 is 14.6 Å². The third-order valence-corrected chi connectivity index (χ3v) is 1.79. The molecule has 78 valence electrons. The zero-order valence-corrected chi connectivity index (χ0v) is 8.56. The lowest BCUT2D eigenvalue weighted by Crippen LogP contribution is -2.09. The Morgan fingerprint density at radius 2 is 1.93 bits per heavy atom. The maximum Gasteiger partial charge on any atom is 0.118 e. The van der Waals surface area contributed by atoms with E-state index in [0.717, 1.165) is 11.3 Å². The van der Waals surface area contributed by atoms with Crippen molar-refractivity contribution >= 4 is 0 Å². The molecule has 0 aliphatic rings. The van der Waals surface area contributed by atoms with Crippen LogP contribution in [0.15, 0.2) is 24.3 Å². The summed E-state index contributed by atoms with van der Waals surface area (Å²) in [5, 5.41) is 8.97. The summed E-state index contributed by atoms with van der Waals surface area (Å²) in [5.74, 6) is 0.837. The number of rotatable bonds is 5. The Kier molecular flexibility index (Phi) is 4.43. The van der Waals surface area contributed by atoms with E-state index in [1.165, 1.54) is 0 Å². The number of methoxy groups -OCH3 is 1. The second-order valence-electron chi connectivity index (χ2n) is 3.21.